The zero-order valence-corrected chi connectivity index (χ0v) is 20.8. The zero-order valence-electron chi connectivity index (χ0n) is 19.2. The van der Waals surface area contributed by atoms with Gasteiger partial charge in [-0.15, -0.1) is 0 Å². The van der Waals surface area contributed by atoms with Crippen molar-refractivity contribution in [1.82, 2.24) is 0 Å². The summed E-state index contributed by atoms with van der Waals surface area (Å²) < 4.78 is 67.3. The van der Waals surface area contributed by atoms with Gasteiger partial charge in [0.2, 0.25) is 0 Å². The molecule has 2 aliphatic carbocycles. The number of anilines is 1. The maximum absolute atomic E-state index is 13.6. The van der Waals surface area contributed by atoms with Crippen LogP contribution in [0.2, 0.25) is 5.02 Å². The third kappa shape index (κ3) is 4.86. The van der Waals surface area contributed by atoms with Crippen LogP contribution in [0.3, 0.4) is 0 Å². The molecule has 2 bridgehead atoms. The van der Waals surface area contributed by atoms with Gasteiger partial charge in [0.25, 0.3) is 5.91 Å². The van der Waals surface area contributed by atoms with Gasteiger partial charge in [-0.3, -0.25) is 4.79 Å². The van der Waals surface area contributed by atoms with Crippen molar-refractivity contribution in [3.8, 4) is 0 Å². The Morgan fingerprint density at radius 1 is 1.08 bits per heavy atom. The number of hydrogen-bond donors (Lipinski definition) is 5. The van der Waals surface area contributed by atoms with Crippen LogP contribution in [0.4, 0.5) is 18.9 Å². The molecule has 0 radical (unpaired) electrons. The number of hydrogen-bond acceptors (Lipinski definition) is 7. The van der Waals surface area contributed by atoms with Crippen LogP contribution >= 0.6 is 11.6 Å². The Balaban J connectivity index is 1.59. The van der Waals surface area contributed by atoms with Gasteiger partial charge in [0.15, 0.2) is 27.3 Å². The Morgan fingerprint density at radius 3 is 2.19 bits per heavy atom. The maximum Gasteiger partial charge on any atom is 0.255 e. The van der Waals surface area contributed by atoms with E-state index >= 15 is 0 Å². The molecule has 0 saturated heterocycles. The highest BCUT2D eigenvalue weighted by Gasteiger charge is 2.60. The van der Waals surface area contributed by atoms with Crippen LogP contribution < -0.4 is 5.32 Å². The van der Waals surface area contributed by atoms with Crippen molar-refractivity contribution < 1.29 is 46.8 Å². The van der Waals surface area contributed by atoms with E-state index in [1.54, 1.807) is 0 Å². The first-order valence-corrected chi connectivity index (χ1v) is 13.4. The van der Waals surface area contributed by atoms with Gasteiger partial charge in [-0.05, 0) is 55.7 Å². The van der Waals surface area contributed by atoms with Crippen molar-refractivity contribution in [3.63, 3.8) is 0 Å². The number of sulfone groups is 1. The molecular weight excluding hydrogens is 539 g/mol. The van der Waals surface area contributed by atoms with Gasteiger partial charge < -0.3 is 25.7 Å². The van der Waals surface area contributed by atoms with E-state index in [0.29, 0.717) is 25.0 Å². The molecule has 1 unspecified atom stereocenters. The average Bonchev–Trinajstić information content (AvgIpc) is 3.02. The predicted molar refractivity (Wildman–Crippen MR) is 126 cm³/mol. The molecule has 6 atom stereocenters. The van der Waals surface area contributed by atoms with E-state index in [2.05, 4.69) is 5.32 Å². The molecule has 37 heavy (non-hydrogen) atoms. The lowest BCUT2D eigenvalue weighted by Gasteiger charge is -2.46. The summed E-state index contributed by atoms with van der Waals surface area (Å²) in [6.45, 7) is -0.772. The largest absolute Gasteiger partial charge is 0.394 e. The van der Waals surface area contributed by atoms with Crippen molar-refractivity contribution in [2.24, 2.45) is 11.8 Å². The molecule has 4 rings (SSSR count). The van der Waals surface area contributed by atoms with Gasteiger partial charge in [-0.25, -0.2) is 21.6 Å². The summed E-state index contributed by atoms with van der Waals surface area (Å²) in [7, 11) is -4.15. The third-order valence-corrected chi connectivity index (χ3v) is 10.1. The number of aliphatic hydroxyl groups excluding tert-OH is 3. The molecule has 5 N–H and O–H groups in total. The first kappa shape index (κ1) is 27.8. The first-order valence-electron chi connectivity index (χ1n) is 11.5. The molecule has 2 aromatic carbocycles. The van der Waals surface area contributed by atoms with Gasteiger partial charge >= 0.3 is 0 Å². The molecule has 1 amide bonds. The normalized spacial score (nSPS) is 27.1. The minimum Gasteiger partial charge on any atom is -0.394 e. The quantitative estimate of drug-likeness (QED) is 0.325. The van der Waals surface area contributed by atoms with E-state index in [1.807, 2.05) is 0 Å². The number of carbonyl (C=O) groups is 1. The Hall–Kier alpha value is -2.22. The Labute approximate surface area is 215 Å². The van der Waals surface area contributed by atoms with Crippen LogP contribution in [0, 0.1) is 29.3 Å². The Morgan fingerprint density at radius 2 is 1.65 bits per heavy atom. The summed E-state index contributed by atoms with van der Waals surface area (Å²) in [5.41, 5.74) is -2.34. The van der Waals surface area contributed by atoms with Crippen molar-refractivity contribution in [3.05, 3.63) is 58.4 Å². The van der Waals surface area contributed by atoms with E-state index in [-0.39, 0.29) is 34.0 Å². The fourth-order valence-corrected chi connectivity index (χ4v) is 7.96. The van der Waals surface area contributed by atoms with E-state index in [1.165, 1.54) is 12.1 Å². The predicted octanol–water partition coefficient (Wildman–Crippen LogP) is 2.42. The van der Waals surface area contributed by atoms with E-state index in [4.69, 9.17) is 11.6 Å². The number of amides is 1. The molecule has 2 aromatic rings. The summed E-state index contributed by atoms with van der Waals surface area (Å²) in [5, 5.41) is 41.7. The van der Waals surface area contributed by atoms with E-state index in [0.717, 1.165) is 6.07 Å². The lowest BCUT2D eigenvalue weighted by atomic mass is 9.70. The Kier molecular flexibility index (Phi) is 7.63. The third-order valence-electron chi connectivity index (χ3n) is 7.47. The minimum absolute atomic E-state index is 0.0502. The van der Waals surface area contributed by atoms with Gasteiger partial charge in [0.1, 0.15) is 12.2 Å². The second-order valence-electron chi connectivity index (χ2n) is 9.54. The Bertz CT molecular complexity index is 1290. The number of carbonyl (C=O) groups excluding carboxylic acids is 1. The average molecular weight is 564 g/mol. The molecule has 2 aliphatic rings. The van der Waals surface area contributed by atoms with Crippen molar-refractivity contribution in [2.75, 3.05) is 11.9 Å². The molecule has 202 valence electrons. The fourth-order valence-electron chi connectivity index (χ4n) is 5.56. The molecule has 0 spiro atoms. The molecule has 13 heteroatoms. The van der Waals surface area contributed by atoms with Crippen LogP contribution in [-0.4, -0.2) is 64.4 Å². The van der Waals surface area contributed by atoms with Gasteiger partial charge in [-0.2, -0.15) is 0 Å². The van der Waals surface area contributed by atoms with E-state index < -0.39 is 74.7 Å². The van der Waals surface area contributed by atoms with Crippen molar-refractivity contribution in [1.29, 1.82) is 0 Å². The van der Waals surface area contributed by atoms with Crippen LogP contribution in [0.15, 0.2) is 35.2 Å². The molecular formula is C24H25ClF3NO7S. The second-order valence-corrected chi connectivity index (χ2v) is 12.1. The lowest BCUT2D eigenvalue weighted by Crippen LogP contribution is -2.59. The molecule has 0 heterocycles. The van der Waals surface area contributed by atoms with E-state index in [9.17, 15) is 46.8 Å². The van der Waals surface area contributed by atoms with Crippen molar-refractivity contribution in [2.45, 2.75) is 53.6 Å². The first-order chi connectivity index (χ1) is 17.3. The van der Waals surface area contributed by atoms with Gasteiger partial charge in [0.05, 0.1) is 27.4 Å². The lowest BCUT2D eigenvalue weighted by molar-refractivity contribution is -0.181. The number of rotatable bonds is 7. The summed E-state index contributed by atoms with van der Waals surface area (Å²) in [5.74, 6) is -7.00. The zero-order chi connectivity index (χ0) is 27.3. The van der Waals surface area contributed by atoms with Gasteiger partial charge in [-0.1, -0.05) is 11.6 Å². The molecule has 2 fully saturated rings. The number of aliphatic hydroxyl groups is 4. The van der Waals surface area contributed by atoms with Crippen LogP contribution in [0.1, 0.15) is 36.0 Å². The SMILES string of the molecule is O=C(Nc1cc(F)c(F)c(F)c1)c1ccc(Cl)c(S(=O)(=O)[C@@H]2CC3CC[C@@H](C2)[C@@]3(O)[C@H](O)[C@@H](O)CO)c1. The molecule has 2 saturated carbocycles. The van der Waals surface area contributed by atoms with Crippen LogP contribution in [0.25, 0.3) is 0 Å². The molecule has 0 aliphatic heterocycles. The molecule has 8 nitrogen and oxygen atoms in total. The van der Waals surface area contributed by atoms with Crippen LogP contribution in [0.5, 0.6) is 0 Å². The fraction of sp³-hybridized carbons (Fsp3) is 0.458. The van der Waals surface area contributed by atoms with Crippen molar-refractivity contribution >= 4 is 33.0 Å². The highest BCUT2D eigenvalue weighted by molar-refractivity contribution is 7.92. The number of fused-ring (bicyclic) bond motifs is 2. The summed E-state index contributed by atoms with van der Waals surface area (Å²) in [6, 6.07) is 4.57. The minimum atomic E-state index is -4.15. The number of halogens is 4. The highest BCUT2D eigenvalue weighted by atomic mass is 35.5. The highest BCUT2D eigenvalue weighted by Crippen LogP contribution is 2.54. The number of benzene rings is 2. The second kappa shape index (κ2) is 10.2. The smallest absolute Gasteiger partial charge is 0.255 e. The molecule has 0 aromatic heterocycles. The number of nitrogens with one attached hydrogen (secondary N) is 1. The van der Waals surface area contributed by atoms with Crippen LogP contribution in [-0.2, 0) is 9.84 Å². The van der Waals surface area contributed by atoms with Gasteiger partial charge in [0, 0.05) is 23.4 Å². The summed E-state index contributed by atoms with van der Waals surface area (Å²) in [6.07, 6.45) is -2.53. The summed E-state index contributed by atoms with van der Waals surface area (Å²) in [4.78, 5) is 12.3. The monoisotopic (exact) mass is 563 g/mol. The maximum atomic E-state index is 13.6. The topological polar surface area (TPSA) is 144 Å². The standard InChI is InChI=1S/C24H25ClF3NO7S/c25-16-4-1-11(23(33)29-14-8-17(26)21(28)18(27)9-14)5-20(16)37(35,36)15-6-12-2-3-13(7-15)24(12,34)22(32)19(31)10-30/h1,4-5,8-9,12-13,15,19,22,30-32,34H,2-3,6-7,10H2,(H,29,33)/t12-,13?,15-,19-,22+,24-/m0/s1. The summed E-state index contributed by atoms with van der Waals surface area (Å²) >= 11 is 6.18.